The summed E-state index contributed by atoms with van der Waals surface area (Å²) in [4.78, 5) is 40.9. The summed E-state index contributed by atoms with van der Waals surface area (Å²) in [5.41, 5.74) is 3.73. The molecule has 1 N–H and O–H groups in total. The van der Waals surface area contributed by atoms with Gasteiger partial charge in [-0.1, -0.05) is 30.7 Å². The number of aromatic amines is 1. The molecule has 0 spiro atoms. The number of esters is 1. The van der Waals surface area contributed by atoms with Crippen molar-refractivity contribution in [3.05, 3.63) is 65.4 Å². The van der Waals surface area contributed by atoms with Crippen LogP contribution in [-0.4, -0.2) is 65.4 Å². The maximum atomic E-state index is 12.0. The molecule has 0 amide bonds. The zero-order chi connectivity index (χ0) is 24.9. The van der Waals surface area contributed by atoms with Gasteiger partial charge in [-0.3, -0.25) is 4.79 Å². The summed E-state index contributed by atoms with van der Waals surface area (Å²) in [5.74, 6) is 0.261. The Hall–Kier alpha value is -3.78. The summed E-state index contributed by atoms with van der Waals surface area (Å²) < 4.78 is 4.85. The molecule has 2 aromatic carbocycles. The van der Waals surface area contributed by atoms with Crippen LogP contribution in [0.5, 0.6) is 0 Å². The molecule has 1 aliphatic rings. The number of nitrogens with zero attached hydrogens (tertiary/aromatic N) is 4. The fraction of sp³-hybridized carbons (Fsp3) is 0.357. The number of piperidine rings is 1. The molecule has 1 aliphatic heterocycles. The first kappa shape index (κ1) is 23.9. The number of ether oxygens (including phenoxy) is 1. The minimum absolute atomic E-state index is 0.375. The number of carbonyl (C=O) groups excluding carboxylic acids is 2. The van der Waals surface area contributed by atoms with Crippen LogP contribution in [0.15, 0.2) is 48.7 Å². The Morgan fingerprint density at radius 3 is 2.81 bits per heavy atom. The van der Waals surface area contributed by atoms with Crippen molar-refractivity contribution >= 4 is 40.1 Å². The van der Waals surface area contributed by atoms with Crippen molar-refractivity contribution in [1.82, 2.24) is 19.9 Å². The van der Waals surface area contributed by atoms with Crippen molar-refractivity contribution in [3.63, 3.8) is 0 Å². The highest BCUT2D eigenvalue weighted by Gasteiger charge is 2.16. The molecule has 2 aromatic heterocycles. The molecule has 8 heteroatoms. The van der Waals surface area contributed by atoms with Crippen LogP contribution in [0, 0.1) is 0 Å². The number of hydrogen-bond acceptors (Lipinski definition) is 7. The molecule has 0 unspecified atom stereocenters. The van der Waals surface area contributed by atoms with Crippen molar-refractivity contribution in [1.29, 1.82) is 0 Å². The third-order valence-corrected chi connectivity index (χ3v) is 6.85. The summed E-state index contributed by atoms with van der Waals surface area (Å²) in [6.45, 7) is 4.81. The number of H-pyrrole nitrogens is 1. The summed E-state index contributed by atoms with van der Waals surface area (Å²) in [5, 5.41) is 1.86. The van der Waals surface area contributed by atoms with Gasteiger partial charge in [-0.15, -0.1) is 0 Å². The lowest BCUT2D eigenvalue weighted by Crippen LogP contribution is -2.33. The number of anilines is 1. The number of rotatable bonds is 9. The van der Waals surface area contributed by atoms with Crippen LogP contribution in [-0.2, 0) is 11.3 Å². The molecule has 36 heavy (non-hydrogen) atoms. The zero-order valence-electron chi connectivity index (χ0n) is 20.6. The lowest BCUT2D eigenvalue weighted by Gasteiger charge is -2.28. The number of aromatic nitrogens is 3. The van der Waals surface area contributed by atoms with Gasteiger partial charge in [0.2, 0.25) is 5.95 Å². The first-order valence-electron chi connectivity index (χ1n) is 12.5. The van der Waals surface area contributed by atoms with Gasteiger partial charge in [-0.25, -0.2) is 9.78 Å². The topological polar surface area (TPSA) is 91.4 Å². The van der Waals surface area contributed by atoms with E-state index in [0.29, 0.717) is 23.6 Å². The third kappa shape index (κ3) is 5.23. The van der Waals surface area contributed by atoms with Gasteiger partial charge in [0.05, 0.1) is 12.7 Å². The highest BCUT2D eigenvalue weighted by molar-refractivity contribution is 6.07. The van der Waals surface area contributed by atoms with E-state index in [1.165, 1.54) is 39.5 Å². The van der Waals surface area contributed by atoms with Crippen LogP contribution in [0.1, 0.15) is 52.0 Å². The Morgan fingerprint density at radius 1 is 1.14 bits per heavy atom. The number of aldehydes is 1. The van der Waals surface area contributed by atoms with E-state index in [1.54, 1.807) is 12.1 Å². The molecular formula is C28H31N5O3. The monoisotopic (exact) mass is 485 g/mol. The van der Waals surface area contributed by atoms with E-state index in [9.17, 15) is 9.59 Å². The van der Waals surface area contributed by atoms with Crippen LogP contribution in [0.25, 0.3) is 21.9 Å². The standard InChI is InChI=1S/C28H31N5O3/c1-36-27(35)22-9-10-23-24-17-29-28(31-26(24)30-25(23)16-22)33(14-6-13-32-11-3-2-4-12-32)18-20-7-5-8-21(15-20)19-34/h5,7-10,15-17,19H,2-4,6,11-14,18H2,1H3,(H,29,30,31). The number of carbonyl (C=O) groups is 2. The third-order valence-electron chi connectivity index (χ3n) is 6.85. The predicted octanol–water partition coefficient (Wildman–Crippen LogP) is 4.59. The molecule has 5 rings (SSSR count). The molecule has 0 aliphatic carbocycles. The number of methoxy groups -OCH3 is 1. The average Bonchev–Trinajstić information content (AvgIpc) is 3.29. The molecule has 0 saturated carbocycles. The second-order valence-electron chi connectivity index (χ2n) is 9.35. The van der Waals surface area contributed by atoms with E-state index in [0.717, 1.165) is 53.3 Å². The van der Waals surface area contributed by atoms with Crippen molar-refractivity contribution < 1.29 is 14.3 Å². The Morgan fingerprint density at radius 2 is 2.00 bits per heavy atom. The molecule has 1 saturated heterocycles. The number of benzene rings is 2. The molecule has 0 bridgehead atoms. The number of hydrogen-bond donors (Lipinski definition) is 1. The van der Waals surface area contributed by atoms with Crippen molar-refractivity contribution in [2.45, 2.75) is 32.2 Å². The van der Waals surface area contributed by atoms with E-state index >= 15 is 0 Å². The van der Waals surface area contributed by atoms with E-state index < -0.39 is 0 Å². The minimum Gasteiger partial charge on any atom is -0.465 e. The highest BCUT2D eigenvalue weighted by atomic mass is 16.5. The maximum absolute atomic E-state index is 12.0. The maximum Gasteiger partial charge on any atom is 0.337 e. The van der Waals surface area contributed by atoms with Gasteiger partial charge in [0, 0.05) is 41.1 Å². The van der Waals surface area contributed by atoms with Crippen molar-refractivity contribution in [2.24, 2.45) is 0 Å². The van der Waals surface area contributed by atoms with Crippen LogP contribution in [0.4, 0.5) is 5.95 Å². The van der Waals surface area contributed by atoms with Gasteiger partial charge in [0.25, 0.3) is 0 Å². The Kier molecular flexibility index (Phi) is 7.23. The Balaban J connectivity index is 1.43. The Bertz CT molecular complexity index is 1380. The number of fused-ring (bicyclic) bond motifs is 3. The summed E-state index contributed by atoms with van der Waals surface area (Å²) in [6.07, 6.45) is 7.60. The van der Waals surface area contributed by atoms with Gasteiger partial charge >= 0.3 is 5.97 Å². The van der Waals surface area contributed by atoms with Gasteiger partial charge in [-0.2, -0.15) is 4.98 Å². The fourth-order valence-electron chi connectivity index (χ4n) is 4.98. The fourth-order valence-corrected chi connectivity index (χ4v) is 4.98. The number of likely N-dealkylation sites (tertiary alicyclic amines) is 1. The zero-order valence-corrected chi connectivity index (χ0v) is 20.6. The number of nitrogens with one attached hydrogen (secondary N) is 1. The van der Waals surface area contributed by atoms with Crippen LogP contribution < -0.4 is 4.90 Å². The molecule has 0 radical (unpaired) electrons. The van der Waals surface area contributed by atoms with Gasteiger partial charge in [0.15, 0.2) is 0 Å². The quantitative estimate of drug-likeness (QED) is 0.274. The summed E-state index contributed by atoms with van der Waals surface area (Å²) in [6, 6.07) is 13.1. The predicted molar refractivity (Wildman–Crippen MR) is 141 cm³/mol. The van der Waals surface area contributed by atoms with Crippen molar-refractivity contribution in [2.75, 3.05) is 38.2 Å². The van der Waals surface area contributed by atoms with E-state index in [2.05, 4.69) is 14.8 Å². The van der Waals surface area contributed by atoms with E-state index in [1.807, 2.05) is 36.5 Å². The minimum atomic E-state index is -0.375. The SMILES string of the molecule is COC(=O)c1ccc2c(c1)[nH]c1nc(N(CCCN3CCCCC3)Cc3cccc(C=O)c3)ncc12. The van der Waals surface area contributed by atoms with Crippen LogP contribution in [0.2, 0.25) is 0 Å². The van der Waals surface area contributed by atoms with Gasteiger partial charge < -0.3 is 19.5 Å². The molecule has 1 fully saturated rings. The molecule has 4 aromatic rings. The molecule has 8 nitrogen and oxygen atoms in total. The largest absolute Gasteiger partial charge is 0.465 e. The normalized spacial score (nSPS) is 14.2. The van der Waals surface area contributed by atoms with Crippen molar-refractivity contribution in [3.8, 4) is 0 Å². The summed E-state index contributed by atoms with van der Waals surface area (Å²) in [7, 11) is 1.38. The smallest absolute Gasteiger partial charge is 0.337 e. The van der Waals surface area contributed by atoms with E-state index in [-0.39, 0.29) is 5.97 Å². The second kappa shape index (κ2) is 10.9. The molecule has 186 valence electrons. The van der Waals surface area contributed by atoms with Gasteiger partial charge in [0.1, 0.15) is 11.9 Å². The van der Waals surface area contributed by atoms with Gasteiger partial charge in [-0.05, 0) is 62.7 Å². The lowest BCUT2D eigenvalue weighted by atomic mass is 10.1. The van der Waals surface area contributed by atoms with Crippen LogP contribution >= 0.6 is 0 Å². The average molecular weight is 486 g/mol. The summed E-state index contributed by atoms with van der Waals surface area (Å²) >= 11 is 0. The van der Waals surface area contributed by atoms with E-state index in [4.69, 9.17) is 14.7 Å². The first-order chi connectivity index (χ1) is 17.6. The van der Waals surface area contributed by atoms with Crippen LogP contribution in [0.3, 0.4) is 0 Å². The second-order valence-corrected chi connectivity index (χ2v) is 9.35. The molecular weight excluding hydrogens is 454 g/mol. The highest BCUT2D eigenvalue weighted by Crippen LogP contribution is 2.27. The lowest BCUT2D eigenvalue weighted by molar-refractivity contribution is 0.0600. The molecule has 3 heterocycles. The molecule has 0 atom stereocenters. The Labute approximate surface area is 210 Å². The first-order valence-corrected chi connectivity index (χ1v) is 12.5.